The highest BCUT2D eigenvalue weighted by molar-refractivity contribution is 6.74. The lowest BCUT2D eigenvalue weighted by molar-refractivity contribution is 0.0931. The molecule has 0 aliphatic rings. The van der Waals surface area contributed by atoms with Gasteiger partial charge < -0.3 is 9.53 Å². The Kier molecular flexibility index (Phi) is 5.69. The summed E-state index contributed by atoms with van der Waals surface area (Å²) in [5.41, 5.74) is -0.0133. The van der Waals surface area contributed by atoms with Crippen LogP contribution in [0.4, 0.5) is 8.78 Å². The van der Waals surface area contributed by atoms with Crippen molar-refractivity contribution in [3.63, 3.8) is 0 Å². The Morgan fingerprint density at radius 1 is 1.24 bits per heavy atom. The minimum Gasteiger partial charge on any atom is -0.414 e. The molecule has 0 bridgehead atoms. The van der Waals surface area contributed by atoms with Crippen LogP contribution >= 0.6 is 0 Å². The Bertz CT molecular complexity index is 484. The summed E-state index contributed by atoms with van der Waals surface area (Å²) < 4.78 is 32.9. The maximum Gasteiger partial charge on any atom is 0.192 e. The predicted molar refractivity (Wildman–Crippen MR) is 83.7 cm³/mol. The van der Waals surface area contributed by atoms with E-state index < -0.39 is 26.1 Å². The maximum absolute atomic E-state index is 13.6. The van der Waals surface area contributed by atoms with Crippen molar-refractivity contribution >= 4 is 8.32 Å². The van der Waals surface area contributed by atoms with E-state index in [-0.39, 0.29) is 23.1 Å². The highest BCUT2D eigenvalue weighted by Crippen LogP contribution is 2.38. The smallest absolute Gasteiger partial charge is 0.192 e. The van der Waals surface area contributed by atoms with Gasteiger partial charge in [-0.25, -0.2) is 8.78 Å². The number of rotatable bonds is 5. The molecule has 1 aromatic rings. The van der Waals surface area contributed by atoms with Crippen LogP contribution in [0.25, 0.3) is 0 Å². The van der Waals surface area contributed by atoms with E-state index in [2.05, 4.69) is 33.9 Å². The third-order valence-electron chi connectivity index (χ3n) is 4.17. The van der Waals surface area contributed by atoms with Crippen molar-refractivity contribution in [3.05, 3.63) is 35.4 Å². The van der Waals surface area contributed by atoms with E-state index in [0.717, 1.165) is 18.2 Å². The number of hydrogen-bond acceptors (Lipinski definition) is 2. The lowest BCUT2D eigenvalue weighted by atomic mass is 10.0. The normalized spacial score (nSPS) is 15.9. The van der Waals surface area contributed by atoms with Gasteiger partial charge in [-0.3, -0.25) is 0 Å². The molecule has 0 saturated carbocycles. The first kappa shape index (κ1) is 18.3. The predicted octanol–water partition coefficient (Wildman–Crippen LogP) is 4.80. The Morgan fingerprint density at radius 3 is 2.33 bits per heavy atom. The molecule has 0 fully saturated rings. The van der Waals surface area contributed by atoms with Gasteiger partial charge >= 0.3 is 0 Å². The van der Waals surface area contributed by atoms with Crippen molar-refractivity contribution < 1.29 is 18.3 Å². The summed E-state index contributed by atoms with van der Waals surface area (Å²) in [6, 6.07) is 3.12. The highest BCUT2D eigenvalue weighted by Gasteiger charge is 2.38. The van der Waals surface area contributed by atoms with Crippen molar-refractivity contribution in [3.8, 4) is 0 Å². The molecule has 0 aliphatic heterocycles. The average molecular weight is 316 g/mol. The average Bonchev–Trinajstić information content (AvgIpc) is 2.29. The molecule has 1 unspecified atom stereocenters. The molecule has 0 saturated heterocycles. The molecule has 0 heterocycles. The monoisotopic (exact) mass is 316 g/mol. The lowest BCUT2D eigenvalue weighted by Gasteiger charge is -2.38. The zero-order chi connectivity index (χ0) is 16.4. The summed E-state index contributed by atoms with van der Waals surface area (Å²) >= 11 is 0. The molecule has 1 aromatic carbocycles. The third kappa shape index (κ3) is 4.87. The van der Waals surface area contributed by atoms with Gasteiger partial charge in [0.2, 0.25) is 0 Å². The number of benzene rings is 1. The van der Waals surface area contributed by atoms with Gasteiger partial charge in [-0.15, -0.1) is 0 Å². The van der Waals surface area contributed by atoms with E-state index in [4.69, 9.17) is 4.43 Å². The summed E-state index contributed by atoms with van der Waals surface area (Å²) in [6.07, 6.45) is -1.04. The maximum atomic E-state index is 13.6. The van der Waals surface area contributed by atoms with E-state index in [9.17, 15) is 13.9 Å². The van der Waals surface area contributed by atoms with E-state index >= 15 is 0 Å². The van der Waals surface area contributed by atoms with Crippen molar-refractivity contribution in [2.75, 3.05) is 0 Å². The summed E-state index contributed by atoms with van der Waals surface area (Å²) in [5.74, 6) is -1.15. The van der Waals surface area contributed by atoms with Crippen LogP contribution in [0, 0.1) is 11.6 Å². The Balaban J connectivity index is 2.75. The molecule has 2 nitrogen and oxygen atoms in total. The van der Waals surface area contributed by atoms with Gasteiger partial charge in [0.25, 0.3) is 0 Å². The fourth-order valence-corrected chi connectivity index (χ4v) is 3.39. The topological polar surface area (TPSA) is 29.5 Å². The quantitative estimate of drug-likeness (QED) is 0.791. The van der Waals surface area contributed by atoms with Crippen molar-refractivity contribution in [1.82, 2.24) is 0 Å². The minimum atomic E-state index is -1.94. The molecule has 1 rings (SSSR count). The lowest BCUT2D eigenvalue weighted by Crippen LogP contribution is -2.43. The summed E-state index contributed by atoms with van der Waals surface area (Å²) in [4.78, 5) is 0. The first-order valence-electron chi connectivity index (χ1n) is 7.25. The molecule has 0 spiro atoms. The largest absolute Gasteiger partial charge is 0.414 e. The molecule has 0 radical (unpaired) electrons. The minimum absolute atomic E-state index is 0.0133. The second-order valence-electron chi connectivity index (χ2n) is 7.11. The number of aliphatic hydroxyl groups excluding tert-OH is 1. The Hall–Kier alpha value is -0.783. The standard InChI is InChI=1S/C16H26F2O2Si/c1-11(20-21(5,6)16(2,3)4)9-15(19)13-10-12(17)7-8-14(13)18/h7-8,10-11,15,19H,9H2,1-6H3/t11-,15?/m1/s1. The van der Waals surface area contributed by atoms with Crippen molar-refractivity contribution in [1.29, 1.82) is 0 Å². The second-order valence-corrected chi connectivity index (χ2v) is 11.9. The molecule has 0 aliphatic carbocycles. The van der Waals surface area contributed by atoms with Crippen LogP contribution in [0.1, 0.15) is 45.8 Å². The number of hydrogen-bond donors (Lipinski definition) is 1. The van der Waals surface area contributed by atoms with Gasteiger partial charge in [0.05, 0.1) is 6.10 Å². The molecule has 0 aromatic heterocycles. The van der Waals surface area contributed by atoms with E-state index in [0.29, 0.717) is 0 Å². The van der Waals surface area contributed by atoms with Gasteiger partial charge in [-0.2, -0.15) is 0 Å². The molecule has 2 atom stereocenters. The molecule has 21 heavy (non-hydrogen) atoms. The first-order chi connectivity index (χ1) is 9.44. The van der Waals surface area contributed by atoms with E-state index in [1.165, 1.54) is 0 Å². The van der Waals surface area contributed by atoms with Gasteiger partial charge in [0, 0.05) is 18.1 Å². The summed E-state index contributed by atoms with van der Waals surface area (Å²) in [7, 11) is -1.94. The number of aliphatic hydroxyl groups is 1. The van der Waals surface area contributed by atoms with Gasteiger partial charge in [0.15, 0.2) is 8.32 Å². The van der Waals surface area contributed by atoms with Crippen LogP contribution in [0.3, 0.4) is 0 Å². The highest BCUT2D eigenvalue weighted by atomic mass is 28.4. The zero-order valence-corrected chi connectivity index (χ0v) is 14.7. The third-order valence-corrected chi connectivity index (χ3v) is 8.78. The van der Waals surface area contributed by atoms with Crippen molar-refractivity contribution in [2.24, 2.45) is 0 Å². The second kappa shape index (κ2) is 6.54. The van der Waals surface area contributed by atoms with Gasteiger partial charge in [-0.1, -0.05) is 20.8 Å². The molecular formula is C16H26F2O2Si. The molecule has 5 heteroatoms. The van der Waals surface area contributed by atoms with Crippen LogP contribution in [0.15, 0.2) is 18.2 Å². The Labute approximate surface area is 127 Å². The van der Waals surface area contributed by atoms with Gasteiger partial charge in [0.1, 0.15) is 11.6 Å². The van der Waals surface area contributed by atoms with Crippen LogP contribution in [-0.2, 0) is 4.43 Å². The molecule has 0 amide bonds. The summed E-state index contributed by atoms with van der Waals surface area (Å²) in [6.45, 7) is 12.5. The van der Waals surface area contributed by atoms with Crippen LogP contribution in [-0.4, -0.2) is 19.5 Å². The number of halogens is 2. The Morgan fingerprint density at radius 2 is 1.81 bits per heavy atom. The molecular weight excluding hydrogens is 290 g/mol. The first-order valence-corrected chi connectivity index (χ1v) is 10.2. The molecule has 1 N–H and O–H groups in total. The fraction of sp³-hybridized carbons (Fsp3) is 0.625. The zero-order valence-electron chi connectivity index (χ0n) is 13.7. The van der Waals surface area contributed by atoms with Crippen LogP contribution in [0.2, 0.25) is 18.1 Å². The van der Waals surface area contributed by atoms with E-state index in [1.807, 2.05) is 6.92 Å². The van der Waals surface area contributed by atoms with Crippen LogP contribution < -0.4 is 0 Å². The van der Waals surface area contributed by atoms with Gasteiger partial charge in [-0.05, 0) is 43.3 Å². The SMILES string of the molecule is C[C@H](CC(O)c1cc(F)ccc1F)O[Si](C)(C)C(C)(C)C. The van der Waals surface area contributed by atoms with Crippen molar-refractivity contribution in [2.45, 2.75) is 64.5 Å². The molecule has 120 valence electrons. The van der Waals surface area contributed by atoms with E-state index in [1.54, 1.807) is 0 Å². The summed E-state index contributed by atoms with van der Waals surface area (Å²) in [5, 5.41) is 10.2. The fourth-order valence-electron chi connectivity index (χ4n) is 1.94. The van der Waals surface area contributed by atoms with Crippen LogP contribution in [0.5, 0.6) is 0 Å².